The van der Waals surface area contributed by atoms with E-state index >= 15 is 0 Å². The van der Waals surface area contributed by atoms with E-state index in [1.165, 1.54) is 24.3 Å². The lowest BCUT2D eigenvalue weighted by molar-refractivity contribution is -0.121. The van der Waals surface area contributed by atoms with Crippen molar-refractivity contribution < 1.29 is 18.4 Å². The maximum absolute atomic E-state index is 12.7. The van der Waals surface area contributed by atoms with Crippen LogP contribution in [0.2, 0.25) is 0 Å². The zero-order valence-electron chi connectivity index (χ0n) is 14.3. The Morgan fingerprint density at radius 1 is 1.12 bits per heavy atom. The maximum atomic E-state index is 12.7. The molecule has 136 valence electrons. The highest BCUT2D eigenvalue weighted by molar-refractivity contribution is 7.99. The minimum Gasteiger partial charge on any atom is -0.373 e. The molecule has 1 N–H and O–H groups in total. The molecule has 1 saturated heterocycles. The number of amides is 2. The van der Waals surface area contributed by atoms with Crippen LogP contribution in [-0.2, 0) is 9.59 Å². The number of hydrogen-bond acceptors (Lipinski definition) is 4. The third kappa shape index (κ3) is 3.88. The predicted molar refractivity (Wildman–Crippen MR) is 98.7 cm³/mol. The number of carbonyl (C=O) groups is 2. The standard InChI is InChI=1S/C19H18F2N2O2S/c1-11-3-8-15(12(2)9-11)22-16-10-17(24)23(18(16)25)13-4-6-14(7-5-13)26-19(20)21/h3-9,16,19,22H,10H2,1-2H3/t16-/m0/s1. The van der Waals surface area contributed by atoms with Crippen LogP contribution in [-0.4, -0.2) is 23.6 Å². The molecule has 1 aliphatic rings. The number of alkyl halides is 2. The van der Waals surface area contributed by atoms with Gasteiger partial charge in [0.2, 0.25) is 5.91 Å². The lowest BCUT2D eigenvalue weighted by Crippen LogP contribution is -2.34. The maximum Gasteiger partial charge on any atom is 0.288 e. The second-order valence-corrected chi connectivity index (χ2v) is 7.22. The van der Waals surface area contributed by atoms with Gasteiger partial charge in [-0.3, -0.25) is 9.59 Å². The Bertz CT molecular complexity index is 840. The first kappa shape index (κ1) is 18.4. The van der Waals surface area contributed by atoms with E-state index in [0.29, 0.717) is 22.3 Å². The van der Waals surface area contributed by atoms with Crippen molar-refractivity contribution in [2.75, 3.05) is 10.2 Å². The summed E-state index contributed by atoms with van der Waals surface area (Å²) in [5.74, 6) is -3.17. The summed E-state index contributed by atoms with van der Waals surface area (Å²) in [4.78, 5) is 26.5. The Hall–Kier alpha value is -2.41. The van der Waals surface area contributed by atoms with Crippen LogP contribution in [0.15, 0.2) is 47.4 Å². The molecule has 0 aliphatic carbocycles. The van der Waals surface area contributed by atoms with E-state index in [1.807, 2.05) is 32.0 Å². The zero-order valence-corrected chi connectivity index (χ0v) is 15.1. The van der Waals surface area contributed by atoms with Crippen LogP contribution >= 0.6 is 11.8 Å². The molecule has 4 nitrogen and oxygen atoms in total. The number of nitrogens with one attached hydrogen (secondary N) is 1. The number of carbonyl (C=O) groups excluding carboxylic acids is 2. The van der Waals surface area contributed by atoms with E-state index in [4.69, 9.17) is 0 Å². The molecule has 26 heavy (non-hydrogen) atoms. The smallest absolute Gasteiger partial charge is 0.288 e. The van der Waals surface area contributed by atoms with Crippen molar-refractivity contribution in [3.05, 3.63) is 53.6 Å². The second-order valence-electron chi connectivity index (χ2n) is 6.16. The van der Waals surface area contributed by atoms with E-state index in [0.717, 1.165) is 21.7 Å². The molecular weight excluding hydrogens is 358 g/mol. The lowest BCUT2D eigenvalue weighted by atomic mass is 10.1. The van der Waals surface area contributed by atoms with Crippen LogP contribution in [0.4, 0.5) is 20.2 Å². The van der Waals surface area contributed by atoms with Gasteiger partial charge in [0.1, 0.15) is 6.04 Å². The quantitative estimate of drug-likeness (QED) is 0.622. The highest BCUT2D eigenvalue weighted by Crippen LogP contribution is 2.30. The highest BCUT2D eigenvalue weighted by Gasteiger charge is 2.39. The van der Waals surface area contributed by atoms with Gasteiger partial charge < -0.3 is 5.32 Å². The van der Waals surface area contributed by atoms with Gasteiger partial charge in [0.25, 0.3) is 11.7 Å². The number of benzene rings is 2. The Morgan fingerprint density at radius 3 is 2.42 bits per heavy atom. The molecule has 7 heteroatoms. The number of nitrogens with zero attached hydrogens (tertiary/aromatic N) is 1. The van der Waals surface area contributed by atoms with Gasteiger partial charge in [-0.1, -0.05) is 29.5 Å². The zero-order chi connectivity index (χ0) is 18.8. The molecule has 0 aromatic heterocycles. The van der Waals surface area contributed by atoms with Crippen LogP contribution in [0, 0.1) is 13.8 Å². The van der Waals surface area contributed by atoms with Gasteiger partial charge in [-0.05, 0) is 49.7 Å². The molecule has 1 fully saturated rings. The number of anilines is 2. The first-order valence-corrected chi connectivity index (χ1v) is 8.98. The summed E-state index contributed by atoms with van der Waals surface area (Å²) in [5.41, 5.74) is 3.32. The minimum atomic E-state index is -2.51. The number of hydrogen-bond donors (Lipinski definition) is 1. The van der Waals surface area contributed by atoms with Gasteiger partial charge in [-0.2, -0.15) is 8.78 Å². The topological polar surface area (TPSA) is 49.4 Å². The molecule has 0 unspecified atom stereocenters. The fraction of sp³-hybridized carbons (Fsp3) is 0.263. The molecule has 0 bridgehead atoms. The number of thioether (sulfide) groups is 1. The first-order valence-electron chi connectivity index (χ1n) is 8.10. The summed E-state index contributed by atoms with van der Waals surface area (Å²) >= 11 is 0.422. The van der Waals surface area contributed by atoms with E-state index < -0.39 is 11.8 Å². The molecular formula is C19H18F2N2O2S. The molecule has 1 heterocycles. The fourth-order valence-electron chi connectivity index (χ4n) is 2.96. The number of halogens is 2. The Morgan fingerprint density at radius 2 is 1.81 bits per heavy atom. The van der Waals surface area contributed by atoms with Crippen molar-refractivity contribution in [3.8, 4) is 0 Å². The van der Waals surface area contributed by atoms with Crippen molar-refractivity contribution >= 4 is 35.0 Å². The summed E-state index contributed by atoms with van der Waals surface area (Å²) in [5, 5.41) is 3.14. The van der Waals surface area contributed by atoms with E-state index in [-0.39, 0.29) is 18.2 Å². The monoisotopic (exact) mass is 376 g/mol. The molecule has 2 amide bonds. The summed E-state index contributed by atoms with van der Waals surface area (Å²) in [6.45, 7) is 3.92. The normalized spacial score (nSPS) is 17.3. The third-order valence-electron chi connectivity index (χ3n) is 4.18. The Balaban J connectivity index is 1.76. The third-order valence-corrected chi connectivity index (χ3v) is 4.90. The molecule has 3 rings (SSSR count). The number of imide groups is 1. The van der Waals surface area contributed by atoms with Crippen molar-refractivity contribution in [2.24, 2.45) is 0 Å². The van der Waals surface area contributed by atoms with E-state index in [2.05, 4.69) is 5.32 Å². The predicted octanol–water partition coefficient (Wildman–Crippen LogP) is 4.36. The first-order chi connectivity index (χ1) is 12.3. The largest absolute Gasteiger partial charge is 0.373 e. The highest BCUT2D eigenvalue weighted by atomic mass is 32.2. The SMILES string of the molecule is Cc1ccc(N[C@H]2CC(=O)N(c3ccc(SC(F)F)cc3)C2=O)c(C)c1. The molecule has 1 atom stereocenters. The van der Waals surface area contributed by atoms with Crippen molar-refractivity contribution in [1.82, 2.24) is 0 Å². The molecule has 0 radical (unpaired) electrons. The van der Waals surface area contributed by atoms with Crippen molar-refractivity contribution in [2.45, 2.75) is 37.0 Å². The van der Waals surface area contributed by atoms with Crippen LogP contribution in [0.1, 0.15) is 17.5 Å². The van der Waals surface area contributed by atoms with Gasteiger partial charge in [-0.15, -0.1) is 0 Å². The minimum absolute atomic E-state index is 0.0552. The van der Waals surface area contributed by atoms with E-state index in [1.54, 1.807) is 0 Å². The fourth-order valence-corrected chi connectivity index (χ4v) is 3.45. The lowest BCUT2D eigenvalue weighted by Gasteiger charge is -2.17. The number of aryl methyl sites for hydroxylation is 2. The molecule has 0 spiro atoms. The molecule has 2 aromatic rings. The average Bonchev–Trinajstić information content (AvgIpc) is 2.84. The van der Waals surface area contributed by atoms with Gasteiger partial charge in [0, 0.05) is 10.6 Å². The van der Waals surface area contributed by atoms with E-state index in [9.17, 15) is 18.4 Å². The Labute approximate surface area is 154 Å². The summed E-state index contributed by atoms with van der Waals surface area (Å²) in [6, 6.07) is 11.2. The molecule has 0 saturated carbocycles. The van der Waals surface area contributed by atoms with Gasteiger partial charge in [0.15, 0.2) is 0 Å². The van der Waals surface area contributed by atoms with Crippen LogP contribution in [0.5, 0.6) is 0 Å². The number of rotatable bonds is 5. The Kier molecular flexibility index (Phi) is 5.27. The van der Waals surface area contributed by atoms with Gasteiger partial charge in [-0.25, -0.2) is 4.90 Å². The summed E-state index contributed by atoms with van der Waals surface area (Å²) < 4.78 is 24.8. The summed E-state index contributed by atoms with van der Waals surface area (Å²) in [7, 11) is 0. The van der Waals surface area contributed by atoms with Gasteiger partial charge in [0.05, 0.1) is 12.1 Å². The van der Waals surface area contributed by atoms with Crippen molar-refractivity contribution in [3.63, 3.8) is 0 Å². The van der Waals surface area contributed by atoms with Gasteiger partial charge >= 0.3 is 0 Å². The molecule has 1 aliphatic heterocycles. The van der Waals surface area contributed by atoms with Crippen LogP contribution < -0.4 is 10.2 Å². The van der Waals surface area contributed by atoms with Crippen LogP contribution in [0.25, 0.3) is 0 Å². The molecule has 2 aromatic carbocycles. The second kappa shape index (κ2) is 7.45. The summed E-state index contributed by atoms with van der Waals surface area (Å²) in [6.07, 6.45) is 0.0552. The van der Waals surface area contributed by atoms with Crippen LogP contribution in [0.3, 0.4) is 0 Å². The average molecular weight is 376 g/mol. The van der Waals surface area contributed by atoms with Crippen molar-refractivity contribution in [1.29, 1.82) is 0 Å².